The van der Waals surface area contributed by atoms with Gasteiger partial charge in [-0.05, 0) is 12.5 Å². The molecule has 2 rings (SSSR count). The van der Waals surface area contributed by atoms with Crippen molar-refractivity contribution in [3.05, 3.63) is 36.8 Å². The van der Waals surface area contributed by atoms with Gasteiger partial charge in [0.1, 0.15) is 5.82 Å². The fourth-order valence-electron chi connectivity index (χ4n) is 2.08. The van der Waals surface area contributed by atoms with E-state index in [-0.39, 0.29) is 17.8 Å². The van der Waals surface area contributed by atoms with Crippen LogP contribution in [0.15, 0.2) is 31.0 Å². The molecule has 1 aliphatic heterocycles. The van der Waals surface area contributed by atoms with Crippen molar-refractivity contribution in [1.82, 2.24) is 15.2 Å². The molecular weight excluding hydrogens is 261 g/mol. The van der Waals surface area contributed by atoms with Crippen molar-refractivity contribution in [2.24, 2.45) is 5.92 Å². The Hall–Kier alpha value is -2.11. The first-order valence-electron chi connectivity index (χ1n) is 6.57. The molecule has 0 spiro atoms. The number of halogens is 1. The van der Waals surface area contributed by atoms with Crippen molar-refractivity contribution in [3.63, 3.8) is 0 Å². The number of urea groups is 1. The van der Waals surface area contributed by atoms with Crippen molar-refractivity contribution in [1.29, 1.82) is 0 Å². The molecule has 0 radical (unpaired) electrons. The summed E-state index contributed by atoms with van der Waals surface area (Å²) < 4.78 is 18.2. The molecule has 20 heavy (non-hydrogen) atoms. The molecule has 108 valence electrons. The summed E-state index contributed by atoms with van der Waals surface area (Å²) in [5, 5.41) is 2.75. The lowest BCUT2D eigenvalue weighted by molar-refractivity contribution is 0.202. The zero-order valence-electron chi connectivity index (χ0n) is 11.2. The highest BCUT2D eigenvalue weighted by Crippen LogP contribution is 2.17. The largest absolute Gasteiger partial charge is 0.477 e. The number of carbonyl (C=O) groups excluding carboxylic acids is 1. The molecule has 0 aromatic carbocycles. The highest BCUT2D eigenvalue weighted by molar-refractivity contribution is 5.74. The number of hydrogen-bond donors (Lipinski definition) is 1. The Labute approximate surface area is 117 Å². The standard InChI is InChI=1S/C14H18FN3O2/c1-2-6-16-14(19)18-7-5-11(9-18)10-20-13-4-3-12(15)8-17-13/h2-4,8,11H,1,5-7,9-10H2,(H,16,19). The summed E-state index contributed by atoms with van der Waals surface area (Å²) in [7, 11) is 0. The first-order valence-corrected chi connectivity index (χ1v) is 6.57. The quantitative estimate of drug-likeness (QED) is 0.836. The van der Waals surface area contributed by atoms with Gasteiger partial charge in [-0.15, -0.1) is 6.58 Å². The van der Waals surface area contributed by atoms with Crippen LogP contribution in [0.25, 0.3) is 0 Å². The second kappa shape index (κ2) is 6.88. The zero-order valence-corrected chi connectivity index (χ0v) is 11.2. The van der Waals surface area contributed by atoms with E-state index >= 15 is 0 Å². The molecule has 1 N–H and O–H groups in total. The van der Waals surface area contributed by atoms with Crippen LogP contribution < -0.4 is 10.1 Å². The van der Waals surface area contributed by atoms with E-state index in [1.54, 1.807) is 11.0 Å². The Balaban J connectivity index is 1.74. The topological polar surface area (TPSA) is 54.5 Å². The molecule has 0 aliphatic carbocycles. The van der Waals surface area contributed by atoms with Crippen LogP contribution in [-0.4, -0.2) is 42.2 Å². The minimum absolute atomic E-state index is 0.0766. The van der Waals surface area contributed by atoms with E-state index in [4.69, 9.17) is 4.74 Å². The van der Waals surface area contributed by atoms with Crippen LogP contribution in [0.3, 0.4) is 0 Å². The summed E-state index contributed by atoms with van der Waals surface area (Å²) in [6, 6.07) is 2.73. The van der Waals surface area contributed by atoms with Crippen LogP contribution in [0.4, 0.5) is 9.18 Å². The Morgan fingerprint density at radius 1 is 1.65 bits per heavy atom. The van der Waals surface area contributed by atoms with Crippen molar-refractivity contribution in [2.75, 3.05) is 26.2 Å². The molecule has 6 heteroatoms. The number of nitrogens with one attached hydrogen (secondary N) is 1. The minimum atomic E-state index is -0.386. The predicted octanol–water partition coefficient (Wildman–Crippen LogP) is 1.82. The third-order valence-electron chi connectivity index (χ3n) is 3.14. The maximum Gasteiger partial charge on any atom is 0.317 e. The number of pyridine rings is 1. The van der Waals surface area contributed by atoms with Crippen molar-refractivity contribution < 1.29 is 13.9 Å². The third-order valence-corrected chi connectivity index (χ3v) is 3.14. The van der Waals surface area contributed by atoms with Crippen LogP contribution in [0.2, 0.25) is 0 Å². The number of aromatic nitrogens is 1. The van der Waals surface area contributed by atoms with Crippen LogP contribution in [0.5, 0.6) is 5.88 Å². The van der Waals surface area contributed by atoms with Crippen LogP contribution >= 0.6 is 0 Å². The van der Waals surface area contributed by atoms with Crippen molar-refractivity contribution in [3.8, 4) is 5.88 Å². The van der Waals surface area contributed by atoms with Gasteiger partial charge < -0.3 is 15.0 Å². The van der Waals surface area contributed by atoms with Crippen LogP contribution in [0.1, 0.15) is 6.42 Å². The number of carbonyl (C=O) groups is 1. The van der Waals surface area contributed by atoms with E-state index in [0.29, 0.717) is 32.1 Å². The van der Waals surface area contributed by atoms with Crippen molar-refractivity contribution >= 4 is 6.03 Å². The summed E-state index contributed by atoms with van der Waals surface area (Å²) in [6.45, 7) is 5.87. The van der Waals surface area contributed by atoms with E-state index in [9.17, 15) is 9.18 Å². The Bertz CT molecular complexity index is 464. The maximum atomic E-state index is 12.7. The maximum absolute atomic E-state index is 12.7. The SMILES string of the molecule is C=CCNC(=O)N1CCC(COc2ccc(F)cn2)C1. The second-order valence-corrected chi connectivity index (χ2v) is 4.70. The summed E-state index contributed by atoms with van der Waals surface area (Å²) in [4.78, 5) is 17.3. The Morgan fingerprint density at radius 2 is 2.50 bits per heavy atom. The Morgan fingerprint density at radius 3 is 3.20 bits per heavy atom. The van der Waals surface area contributed by atoms with Gasteiger partial charge in [0.2, 0.25) is 5.88 Å². The van der Waals surface area contributed by atoms with E-state index in [0.717, 1.165) is 12.6 Å². The lowest BCUT2D eigenvalue weighted by atomic mass is 10.1. The summed E-state index contributed by atoms with van der Waals surface area (Å²) >= 11 is 0. The molecule has 0 saturated carbocycles. The fraction of sp³-hybridized carbons (Fsp3) is 0.429. The van der Waals surface area contributed by atoms with Crippen molar-refractivity contribution in [2.45, 2.75) is 6.42 Å². The van der Waals surface area contributed by atoms with Gasteiger partial charge in [0.25, 0.3) is 0 Å². The van der Waals surface area contributed by atoms with Crippen LogP contribution in [0, 0.1) is 11.7 Å². The number of likely N-dealkylation sites (tertiary alicyclic amines) is 1. The van der Waals surface area contributed by atoms with Gasteiger partial charge in [-0.3, -0.25) is 0 Å². The highest BCUT2D eigenvalue weighted by atomic mass is 19.1. The second-order valence-electron chi connectivity index (χ2n) is 4.70. The van der Waals surface area contributed by atoms with Gasteiger partial charge in [0, 0.05) is 31.6 Å². The first-order chi connectivity index (χ1) is 9.69. The molecule has 1 aromatic rings. The van der Waals surface area contributed by atoms with E-state index in [2.05, 4.69) is 16.9 Å². The molecule has 5 nitrogen and oxygen atoms in total. The minimum Gasteiger partial charge on any atom is -0.477 e. The number of ether oxygens (including phenoxy) is 1. The number of amides is 2. The lowest BCUT2D eigenvalue weighted by Crippen LogP contribution is -2.38. The molecule has 1 saturated heterocycles. The van der Waals surface area contributed by atoms with E-state index in [1.807, 2.05) is 0 Å². The zero-order chi connectivity index (χ0) is 14.4. The summed E-state index contributed by atoms with van der Waals surface area (Å²) in [6.07, 6.45) is 3.66. The van der Waals surface area contributed by atoms with Crippen LogP contribution in [-0.2, 0) is 0 Å². The predicted molar refractivity (Wildman–Crippen MR) is 73.0 cm³/mol. The molecule has 1 aliphatic rings. The van der Waals surface area contributed by atoms with Gasteiger partial charge in [0.05, 0.1) is 12.8 Å². The molecule has 0 bridgehead atoms. The summed E-state index contributed by atoms with van der Waals surface area (Å²) in [5.74, 6) is 0.292. The average Bonchev–Trinajstić information content (AvgIpc) is 2.93. The fourth-order valence-corrected chi connectivity index (χ4v) is 2.08. The van der Waals surface area contributed by atoms with Gasteiger partial charge >= 0.3 is 6.03 Å². The molecular formula is C14H18FN3O2. The monoisotopic (exact) mass is 279 g/mol. The summed E-state index contributed by atoms with van der Waals surface area (Å²) in [5.41, 5.74) is 0. The molecule has 1 fully saturated rings. The molecule has 2 amide bonds. The first kappa shape index (κ1) is 14.3. The Kier molecular flexibility index (Phi) is 4.92. The molecule has 1 aromatic heterocycles. The van der Waals surface area contributed by atoms with E-state index < -0.39 is 0 Å². The van der Waals surface area contributed by atoms with Gasteiger partial charge in [-0.1, -0.05) is 6.08 Å². The molecule has 2 heterocycles. The molecule has 1 unspecified atom stereocenters. The normalized spacial score (nSPS) is 17.9. The van der Waals surface area contributed by atoms with Gasteiger partial charge in [0.15, 0.2) is 0 Å². The number of hydrogen-bond acceptors (Lipinski definition) is 3. The molecule has 1 atom stereocenters. The van der Waals surface area contributed by atoms with Gasteiger partial charge in [-0.25, -0.2) is 14.2 Å². The lowest BCUT2D eigenvalue weighted by Gasteiger charge is -2.16. The number of rotatable bonds is 5. The average molecular weight is 279 g/mol. The van der Waals surface area contributed by atoms with E-state index in [1.165, 1.54) is 12.1 Å². The van der Waals surface area contributed by atoms with Gasteiger partial charge in [-0.2, -0.15) is 0 Å². The smallest absolute Gasteiger partial charge is 0.317 e. The third kappa shape index (κ3) is 3.94. The highest BCUT2D eigenvalue weighted by Gasteiger charge is 2.26. The number of nitrogens with zero attached hydrogens (tertiary/aromatic N) is 2.